The van der Waals surface area contributed by atoms with E-state index in [1.807, 2.05) is 42.9 Å². The van der Waals surface area contributed by atoms with Crippen LogP contribution in [-0.4, -0.2) is 20.8 Å². The number of aromatic nitrogens is 2. The van der Waals surface area contributed by atoms with Crippen LogP contribution in [0.1, 0.15) is 32.9 Å². The largest absolute Gasteiger partial charge is 0.332 e. The second-order valence-corrected chi connectivity index (χ2v) is 8.41. The van der Waals surface area contributed by atoms with Crippen LogP contribution in [0, 0.1) is 13.8 Å². The van der Waals surface area contributed by atoms with E-state index in [9.17, 15) is 4.79 Å². The van der Waals surface area contributed by atoms with Crippen molar-refractivity contribution in [3.8, 4) is 0 Å². The summed E-state index contributed by atoms with van der Waals surface area (Å²) in [6.07, 6.45) is 0.814. The number of benzene rings is 2. The molecule has 1 heterocycles. The van der Waals surface area contributed by atoms with Gasteiger partial charge < -0.3 is 5.32 Å². The molecule has 2 aromatic carbocycles. The Balaban J connectivity index is 1.62. The molecule has 29 heavy (non-hydrogen) atoms. The van der Waals surface area contributed by atoms with Crippen molar-refractivity contribution in [3.63, 3.8) is 0 Å². The molecule has 0 atom stereocenters. The smallest absolute Gasteiger partial charge is 0.258 e. The van der Waals surface area contributed by atoms with Gasteiger partial charge in [0.2, 0.25) is 0 Å². The Labute approximate surface area is 188 Å². The maximum absolute atomic E-state index is 12.4. The topological polar surface area (TPSA) is 59.0 Å². The molecular weight excluding hydrogens is 472 g/mol. The highest BCUT2D eigenvalue weighted by molar-refractivity contribution is 9.10. The molecule has 1 amide bonds. The van der Waals surface area contributed by atoms with E-state index in [0.29, 0.717) is 10.6 Å². The third kappa shape index (κ3) is 5.23. The molecule has 0 aliphatic rings. The maximum Gasteiger partial charge on any atom is 0.258 e. The number of amides is 1. The summed E-state index contributed by atoms with van der Waals surface area (Å²) in [4.78, 5) is 12.4. The van der Waals surface area contributed by atoms with Crippen LogP contribution in [0.5, 0.6) is 0 Å². The first-order valence-corrected chi connectivity index (χ1v) is 10.5. The predicted octanol–water partition coefficient (Wildman–Crippen LogP) is 5.17. The number of nitrogens with zero attached hydrogens (tertiary/aromatic N) is 2. The van der Waals surface area contributed by atoms with Crippen molar-refractivity contribution in [2.24, 2.45) is 7.05 Å². The Kier molecular flexibility index (Phi) is 6.72. The fraction of sp³-hybridized carbons (Fsp3) is 0.190. The lowest BCUT2D eigenvalue weighted by Gasteiger charge is -2.11. The SMILES string of the molecule is Cc1nn(C)c(C)c1Cc1ccc(NC(=S)NC(=O)c2cc(Br)ccc2Cl)cc1. The van der Waals surface area contributed by atoms with Gasteiger partial charge in [-0.3, -0.25) is 14.8 Å². The number of rotatable bonds is 4. The molecule has 3 aromatic rings. The van der Waals surface area contributed by atoms with E-state index < -0.39 is 0 Å². The van der Waals surface area contributed by atoms with Gasteiger partial charge >= 0.3 is 0 Å². The van der Waals surface area contributed by atoms with Crippen LogP contribution in [0.2, 0.25) is 5.02 Å². The lowest BCUT2D eigenvalue weighted by molar-refractivity contribution is 0.0978. The molecule has 150 valence electrons. The lowest BCUT2D eigenvalue weighted by Crippen LogP contribution is -2.34. The number of thiocarbonyl (C=S) groups is 1. The minimum Gasteiger partial charge on any atom is -0.332 e. The van der Waals surface area contributed by atoms with E-state index in [-0.39, 0.29) is 11.0 Å². The Morgan fingerprint density at radius 1 is 1.21 bits per heavy atom. The Hall–Kier alpha value is -2.22. The molecule has 0 aliphatic heterocycles. The minimum atomic E-state index is -0.368. The molecule has 1 aromatic heterocycles. The van der Waals surface area contributed by atoms with Crippen molar-refractivity contribution in [1.29, 1.82) is 0 Å². The van der Waals surface area contributed by atoms with Gasteiger partial charge in [0, 0.05) is 34.9 Å². The predicted molar refractivity (Wildman–Crippen MR) is 125 cm³/mol. The number of carbonyl (C=O) groups is 1. The van der Waals surface area contributed by atoms with Crippen LogP contribution in [-0.2, 0) is 13.5 Å². The number of halogens is 2. The molecule has 8 heteroatoms. The molecule has 0 unspecified atom stereocenters. The molecule has 0 radical (unpaired) electrons. The molecule has 0 aliphatic carbocycles. The van der Waals surface area contributed by atoms with Crippen molar-refractivity contribution >= 4 is 56.5 Å². The molecule has 2 N–H and O–H groups in total. The van der Waals surface area contributed by atoms with Crippen LogP contribution in [0.3, 0.4) is 0 Å². The number of hydrogen-bond acceptors (Lipinski definition) is 3. The Morgan fingerprint density at radius 3 is 2.52 bits per heavy atom. The fourth-order valence-electron chi connectivity index (χ4n) is 2.99. The minimum absolute atomic E-state index is 0.206. The van der Waals surface area contributed by atoms with Gasteiger partial charge in [-0.05, 0) is 62.0 Å². The summed E-state index contributed by atoms with van der Waals surface area (Å²) in [5.41, 5.74) is 5.76. The van der Waals surface area contributed by atoms with Gasteiger partial charge in [-0.25, -0.2) is 0 Å². The normalized spacial score (nSPS) is 10.7. The maximum atomic E-state index is 12.4. The molecule has 0 saturated carbocycles. The number of carbonyl (C=O) groups excluding carboxylic acids is 1. The van der Waals surface area contributed by atoms with E-state index in [4.69, 9.17) is 23.8 Å². The van der Waals surface area contributed by atoms with Gasteiger partial charge in [-0.1, -0.05) is 39.7 Å². The molecular formula is C21H20BrClN4OS. The second-order valence-electron chi connectivity index (χ2n) is 6.68. The third-order valence-electron chi connectivity index (χ3n) is 4.65. The van der Waals surface area contributed by atoms with E-state index in [1.165, 1.54) is 16.8 Å². The van der Waals surface area contributed by atoms with Crippen molar-refractivity contribution in [2.45, 2.75) is 20.3 Å². The number of aryl methyl sites for hydroxylation is 2. The van der Waals surface area contributed by atoms with Crippen LogP contribution < -0.4 is 10.6 Å². The number of anilines is 1. The first-order chi connectivity index (χ1) is 13.7. The summed E-state index contributed by atoms with van der Waals surface area (Å²) < 4.78 is 2.67. The highest BCUT2D eigenvalue weighted by atomic mass is 79.9. The summed E-state index contributed by atoms with van der Waals surface area (Å²) >= 11 is 14.7. The molecule has 0 bridgehead atoms. The highest BCUT2D eigenvalue weighted by Crippen LogP contribution is 2.21. The van der Waals surface area contributed by atoms with Crippen LogP contribution >= 0.6 is 39.7 Å². The van der Waals surface area contributed by atoms with Crippen LogP contribution in [0.25, 0.3) is 0 Å². The summed E-state index contributed by atoms with van der Waals surface area (Å²) in [5, 5.41) is 10.7. The zero-order chi connectivity index (χ0) is 21.1. The zero-order valence-corrected chi connectivity index (χ0v) is 19.4. The number of nitrogens with one attached hydrogen (secondary N) is 2. The van der Waals surface area contributed by atoms with E-state index >= 15 is 0 Å². The molecule has 0 saturated heterocycles. The first-order valence-electron chi connectivity index (χ1n) is 8.90. The van der Waals surface area contributed by atoms with E-state index in [2.05, 4.69) is 38.6 Å². The van der Waals surface area contributed by atoms with E-state index in [0.717, 1.165) is 22.3 Å². The van der Waals surface area contributed by atoms with Crippen molar-refractivity contribution in [2.75, 3.05) is 5.32 Å². The van der Waals surface area contributed by atoms with Gasteiger partial charge in [0.1, 0.15) is 0 Å². The zero-order valence-electron chi connectivity index (χ0n) is 16.2. The van der Waals surface area contributed by atoms with Gasteiger partial charge in [-0.15, -0.1) is 0 Å². The van der Waals surface area contributed by atoms with E-state index in [1.54, 1.807) is 18.2 Å². The molecule has 3 rings (SSSR count). The van der Waals surface area contributed by atoms with Gasteiger partial charge in [0.15, 0.2) is 5.11 Å². The van der Waals surface area contributed by atoms with Gasteiger partial charge in [0.25, 0.3) is 5.91 Å². The Morgan fingerprint density at radius 2 is 1.90 bits per heavy atom. The molecule has 0 fully saturated rings. The first kappa shape index (κ1) is 21.5. The monoisotopic (exact) mass is 490 g/mol. The fourth-order valence-corrected chi connectivity index (χ4v) is 3.76. The van der Waals surface area contributed by atoms with Gasteiger partial charge in [-0.2, -0.15) is 5.10 Å². The number of hydrogen-bond donors (Lipinski definition) is 2. The lowest BCUT2D eigenvalue weighted by atomic mass is 10.0. The standard InChI is InChI=1S/C21H20BrClN4OS/c1-12-17(13(2)27(3)26-12)10-14-4-7-16(8-5-14)24-21(29)25-20(28)18-11-15(22)6-9-19(18)23/h4-9,11H,10H2,1-3H3,(H2,24,25,28,29). The molecule has 0 spiro atoms. The Bertz CT molecular complexity index is 1080. The van der Waals surface area contributed by atoms with Crippen molar-refractivity contribution < 1.29 is 4.79 Å². The molecule has 5 nitrogen and oxygen atoms in total. The van der Waals surface area contributed by atoms with Crippen molar-refractivity contribution in [1.82, 2.24) is 15.1 Å². The third-order valence-corrected chi connectivity index (χ3v) is 5.68. The average molecular weight is 492 g/mol. The average Bonchev–Trinajstić information content (AvgIpc) is 2.91. The van der Waals surface area contributed by atoms with Crippen molar-refractivity contribution in [3.05, 3.63) is 80.0 Å². The summed E-state index contributed by atoms with van der Waals surface area (Å²) in [5.74, 6) is -0.368. The summed E-state index contributed by atoms with van der Waals surface area (Å²) in [6.45, 7) is 4.10. The highest BCUT2D eigenvalue weighted by Gasteiger charge is 2.13. The quantitative estimate of drug-likeness (QED) is 0.494. The second kappa shape index (κ2) is 9.07. The summed E-state index contributed by atoms with van der Waals surface area (Å²) in [6, 6.07) is 13.0. The summed E-state index contributed by atoms with van der Waals surface area (Å²) in [7, 11) is 1.95. The van der Waals surface area contributed by atoms with Crippen LogP contribution in [0.15, 0.2) is 46.9 Å². The van der Waals surface area contributed by atoms with Crippen LogP contribution in [0.4, 0.5) is 5.69 Å². The van der Waals surface area contributed by atoms with Gasteiger partial charge in [0.05, 0.1) is 16.3 Å².